The number of thiazole rings is 1. The van der Waals surface area contributed by atoms with Gasteiger partial charge < -0.3 is 15.0 Å². The van der Waals surface area contributed by atoms with Gasteiger partial charge in [-0.25, -0.2) is 9.78 Å². The number of aryl methyl sites for hydroxylation is 1. The molecule has 1 fully saturated rings. The number of fused-ring (bicyclic) bond motifs is 1. The van der Waals surface area contributed by atoms with Crippen LogP contribution in [-0.2, 0) is 6.42 Å². The summed E-state index contributed by atoms with van der Waals surface area (Å²) in [6.45, 7) is 1.51. The van der Waals surface area contributed by atoms with Gasteiger partial charge in [-0.2, -0.15) is 0 Å². The summed E-state index contributed by atoms with van der Waals surface area (Å²) in [6.07, 6.45) is 8.44. The number of piperidine rings is 1. The van der Waals surface area contributed by atoms with Crippen LogP contribution < -0.4 is 10.1 Å². The second-order valence-corrected chi connectivity index (χ2v) is 8.34. The maximum Gasteiger partial charge on any atom is 0.318 e. The number of urea groups is 1. The number of benzene rings is 1. The predicted molar refractivity (Wildman–Crippen MR) is 107 cm³/mol. The molecule has 4 rings (SSSR count). The molecule has 0 radical (unpaired) electrons. The van der Waals surface area contributed by atoms with E-state index in [0.717, 1.165) is 55.8 Å². The number of likely N-dealkylation sites (tertiary alicyclic amines) is 1. The van der Waals surface area contributed by atoms with E-state index in [1.807, 2.05) is 22.5 Å². The van der Waals surface area contributed by atoms with Crippen LogP contribution in [0.3, 0.4) is 0 Å². The fraction of sp³-hybridized carbons (Fsp3) is 0.524. The second-order valence-electron chi connectivity index (χ2n) is 7.42. The highest BCUT2D eigenvalue weighted by Crippen LogP contribution is 2.34. The summed E-state index contributed by atoms with van der Waals surface area (Å²) in [7, 11) is 1.71. The number of nitrogens with zero attached hydrogens (tertiary/aromatic N) is 2. The minimum Gasteiger partial charge on any atom is -0.497 e. The molecule has 2 aliphatic rings. The summed E-state index contributed by atoms with van der Waals surface area (Å²) in [5.74, 6) is 1.30. The Morgan fingerprint density at radius 3 is 3.07 bits per heavy atom. The lowest BCUT2D eigenvalue weighted by Crippen LogP contribution is -2.45. The number of methoxy groups -OCH3 is 1. The molecule has 0 unspecified atom stereocenters. The summed E-state index contributed by atoms with van der Waals surface area (Å²) < 4.78 is 5.36. The van der Waals surface area contributed by atoms with E-state index in [0.29, 0.717) is 12.5 Å². The molecule has 2 atom stereocenters. The zero-order chi connectivity index (χ0) is 18.6. The lowest BCUT2D eigenvalue weighted by Gasteiger charge is -2.35. The van der Waals surface area contributed by atoms with Gasteiger partial charge in [0.05, 0.1) is 13.2 Å². The first-order valence-corrected chi connectivity index (χ1v) is 10.7. The Labute approximate surface area is 164 Å². The second kappa shape index (κ2) is 8.30. The van der Waals surface area contributed by atoms with Crippen LogP contribution >= 0.6 is 11.3 Å². The van der Waals surface area contributed by atoms with E-state index in [1.54, 1.807) is 18.4 Å². The van der Waals surface area contributed by atoms with Crippen LogP contribution in [0, 0.1) is 0 Å². The van der Waals surface area contributed by atoms with Gasteiger partial charge >= 0.3 is 6.03 Å². The number of hydrogen-bond donors (Lipinski definition) is 1. The van der Waals surface area contributed by atoms with Gasteiger partial charge in [0.1, 0.15) is 10.8 Å². The van der Waals surface area contributed by atoms with Crippen LogP contribution in [0.4, 0.5) is 4.79 Å². The molecule has 2 heterocycles. The van der Waals surface area contributed by atoms with E-state index >= 15 is 0 Å². The zero-order valence-electron chi connectivity index (χ0n) is 15.8. The van der Waals surface area contributed by atoms with E-state index in [-0.39, 0.29) is 12.1 Å². The Morgan fingerprint density at radius 2 is 2.26 bits per heavy atom. The normalized spacial score (nSPS) is 22.2. The third kappa shape index (κ3) is 3.95. The molecular weight excluding hydrogens is 358 g/mol. The van der Waals surface area contributed by atoms with E-state index in [9.17, 15) is 4.79 Å². The molecule has 1 aliphatic carbocycles. The molecule has 1 N–H and O–H groups in total. The molecule has 144 valence electrons. The van der Waals surface area contributed by atoms with Crippen molar-refractivity contribution in [3.63, 3.8) is 0 Å². The molecule has 1 aliphatic heterocycles. The molecule has 0 spiro atoms. The fourth-order valence-electron chi connectivity index (χ4n) is 4.37. The van der Waals surface area contributed by atoms with Crippen molar-refractivity contribution in [2.45, 2.75) is 50.5 Å². The smallest absolute Gasteiger partial charge is 0.318 e. The monoisotopic (exact) mass is 385 g/mol. The highest BCUT2D eigenvalue weighted by Gasteiger charge is 2.30. The molecule has 0 bridgehead atoms. The summed E-state index contributed by atoms with van der Waals surface area (Å²) in [4.78, 5) is 19.4. The van der Waals surface area contributed by atoms with Crippen LogP contribution in [0.25, 0.3) is 0 Å². The summed E-state index contributed by atoms with van der Waals surface area (Å²) >= 11 is 1.65. The lowest BCUT2D eigenvalue weighted by atomic mass is 9.82. The van der Waals surface area contributed by atoms with Crippen LogP contribution in [0.1, 0.15) is 60.2 Å². The predicted octanol–water partition coefficient (Wildman–Crippen LogP) is 4.51. The van der Waals surface area contributed by atoms with Crippen molar-refractivity contribution < 1.29 is 9.53 Å². The van der Waals surface area contributed by atoms with Crippen molar-refractivity contribution in [1.82, 2.24) is 15.2 Å². The van der Waals surface area contributed by atoms with Crippen LogP contribution in [0.2, 0.25) is 0 Å². The fourth-order valence-corrected chi connectivity index (χ4v) is 5.16. The summed E-state index contributed by atoms with van der Waals surface area (Å²) in [5, 5.41) is 6.26. The number of hydrogen-bond acceptors (Lipinski definition) is 4. The van der Waals surface area contributed by atoms with E-state index in [1.165, 1.54) is 11.1 Å². The number of ether oxygens (including phenoxy) is 1. The molecule has 6 heteroatoms. The van der Waals surface area contributed by atoms with E-state index < -0.39 is 0 Å². The maximum atomic E-state index is 12.9. The molecule has 1 aromatic carbocycles. The number of carbonyl (C=O) groups is 1. The Hall–Kier alpha value is -2.08. The molecule has 27 heavy (non-hydrogen) atoms. The molecule has 1 aromatic heterocycles. The van der Waals surface area contributed by atoms with Gasteiger partial charge in [0.25, 0.3) is 0 Å². The Balaban J connectivity index is 1.42. The van der Waals surface area contributed by atoms with Gasteiger partial charge in [-0.15, -0.1) is 11.3 Å². The summed E-state index contributed by atoms with van der Waals surface area (Å²) in [5.41, 5.74) is 2.72. The standard InChI is InChI=1S/C21H27N3O2S/c1-26-17-8-9-18-15(13-17)5-4-6-16(18)14-23-21(25)24-11-3-2-7-19(24)20-22-10-12-27-20/h8-10,12-13,16,19H,2-7,11,14H2,1H3,(H,23,25)/t16-,19+/m1/s1. The van der Waals surface area contributed by atoms with Gasteiger partial charge in [-0.3, -0.25) is 0 Å². The number of rotatable bonds is 4. The highest BCUT2D eigenvalue weighted by molar-refractivity contribution is 7.09. The Bertz CT molecular complexity index is 778. The minimum atomic E-state index is 0.0514. The van der Waals surface area contributed by atoms with E-state index in [4.69, 9.17) is 4.74 Å². The first-order valence-electron chi connectivity index (χ1n) is 9.87. The third-order valence-corrected chi connectivity index (χ3v) is 6.67. The Morgan fingerprint density at radius 1 is 1.33 bits per heavy atom. The van der Waals surface area contributed by atoms with Crippen molar-refractivity contribution in [2.75, 3.05) is 20.2 Å². The highest BCUT2D eigenvalue weighted by atomic mass is 32.1. The lowest BCUT2D eigenvalue weighted by molar-refractivity contribution is 0.150. The molecule has 0 saturated carbocycles. The average Bonchev–Trinajstić information content (AvgIpc) is 3.26. The SMILES string of the molecule is COc1ccc2c(c1)CCC[C@@H]2CNC(=O)N1CCCC[C@H]1c1nccs1. The number of amides is 2. The molecule has 2 aromatic rings. The van der Waals surface area contributed by atoms with Crippen LogP contribution in [-0.4, -0.2) is 36.1 Å². The van der Waals surface area contributed by atoms with Gasteiger partial charge in [0.2, 0.25) is 0 Å². The molecule has 2 amide bonds. The first kappa shape index (κ1) is 18.3. The third-order valence-electron chi connectivity index (χ3n) is 5.79. The minimum absolute atomic E-state index is 0.0514. The number of carbonyl (C=O) groups excluding carboxylic acids is 1. The van der Waals surface area contributed by atoms with Gasteiger partial charge in [-0.05, 0) is 61.8 Å². The topological polar surface area (TPSA) is 54.5 Å². The summed E-state index contributed by atoms with van der Waals surface area (Å²) in [6, 6.07) is 6.52. The van der Waals surface area contributed by atoms with E-state index in [2.05, 4.69) is 22.4 Å². The first-order chi connectivity index (χ1) is 13.3. The van der Waals surface area contributed by atoms with Crippen molar-refractivity contribution in [1.29, 1.82) is 0 Å². The largest absolute Gasteiger partial charge is 0.497 e. The van der Waals surface area contributed by atoms with Crippen molar-refractivity contribution in [3.05, 3.63) is 45.9 Å². The Kier molecular flexibility index (Phi) is 5.62. The molecule has 5 nitrogen and oxygen atoms in total. The number of aromatic nitrogens is 1. The van der Waals surface area contributed by atoms with Crippen molar-refractivity contribution in [2.24, 2.45) is 0 Å². The quantitative estimate of drug-likeness (QED) is 0.842. The molecular formula is C21H27N3O2S. The average molecular weight is 386 g/mol. The van der Waals surface area contributed by atoms with Gasteiger partial charge in [0, 0.05) is 30.6 Å². The zero-order valence-corrected chi connectivity index (χ0v) is 16.6. The van der Waals surface area contributed by atoms with Crippen molar-refractivity contribution in [3.8, 4) is 5.75 Å². The maximum absolute atomic E-state index is 12.9. The van der Waals surface area contributed by atoms with Gasteiger partial charge in [-0.1, -0.05) is 6.07 Å². The van der Waals surface area contributed by atoms with Crippen molar-refractivity contribution >= 4 is 17.4 Å². The van der Waals surface area contributed by atoms with Gasteiger partial charge in [0.15, 0.2) is 0 Å². The molecule has 1 saturated heterocycles. The number of nitrogens with one attached hydrogen (secondary N) is 1. The van der Waals surface area contributed by atoms with Crippen LogP contribution in [0.5, 0.6) is 5.75 Å². The van der Waals surface area contributed by atoms with Crippen LogP contribution in [0.15, 0.2) is 29.8 Å².